The summed E-state index contributed by atoms with van der Waals surface area (Å²) in [6.07, 6.45) is 3.41. The number of nitrogens with zero attached hydrogens (tertiary/aromatic N) is 2. The lowest BCUT2D eigenvalue weighted by molar-refractivity contribution is -0.142. The molecule has 2 amide bonds. The SMILES string of the molecule is Cc1cc(CCC(=O)N[C@@H](CC(C)C)C(=O)N[C@@H](CC(C)C)C(=O)O)nc(C2CCNCC2)n1. The van der Waals surface area contributed by atoms with Gasteiger partial charge in [-0.15, -0.1) is 0 Å². The van der Waals surface area contributed by atoms with Crippen molar-refractivity contribution in [3.8, 4) is 0 Å². The number of hydrogen-bond donors (Lipinski definition) is 4. The second-order valence-electron chi connectivity index (χ2n) is 10.2. The topological polar surface area (TPSA) is 133 Å². The molecule has 0 spiro atoms. The lowest BCUT2D eigenvalue weighted by Crippen LogP contribution is -2.52. The van der Waals surface area contributed by atoms with E-state index in [1.54, 1.807) is 0 Å². The van der Waals surface area contributed by atoms with Gasteiger partial charge in [-0.1, -0.05) is 27.7 Å². The molecule has 1 aromatic heterocycles. The molecule has 0 radical (unpaired) electrons. The summed E-state index contributed by atoms with van der Waals surface area (Å²) >= 11 is 0. The maximum atomic E-state index is 12.8. The van der Waals surface area contributed by atoms with Crippen molar-refractivity contribution in [3.63, 3.8) is 0 Å². The molecule has 2 rings (SSSR count). The van der Waals surface area contributed by atoms with Crippen LogP contribution in [-0.4, -0.2) is 58.0 Å². The Kier molecular flexibility index (Phi) is 10.9. The molecule has 1 aromatic rings. The first-order valence-electron chi connectivity index (χ1n) is 12.4. The van der Waals surface area contributed by atoms with Crippen molar-refractivity contribution in [3.05, 3.63) is 23.3 Å². The normalized spacial score (nSPS) is 16.3. The van der Waals surface area contributed by atoms with Crippen LogP contribution >= 0.6 is 0 Å². The number of hydrogen-bond acceptors (Lipinski definition) is 6. The molecule has 9 nitrogen and oxygen atoms in total. The van der Waals surface area contributed by atoms with E-state index in [2.05, 4.69) is 20.9 Å². The number of aromatic nitrogens is 2. The molecule has 0 aliphatic carbocycles. The van der Waals surface area contributed by atoms with E-state index in [0.717, 1.165) is 43.1 Å². The molecule has 0 unspecified atom stereocenters. The van der Waals surface area contributed by atoms with Gasteiger partial charge in [0.25, 0.3) is 0 Å². The van der Waals surface area contributed by atoms with Crippen molar-refractivity contribution in [1.82, 2.24) is 25.9 Å². The molecular weight excluding hydrogens is 434 g/mol. The number of rotatable bonds is 12. The van der Waals surface area contributed by atoms with Crippen LogP contribution in [0.25, 0.3) is 0 Å². The Hall–Kier alpha value is -2.55. The number of carbonyl (C=O) groups excluding carboxylic acids is 2. The Labute approximate surface area is 202 Å². The van der Waals surface area contributed by atoms with Crippen LogP contribution < -0.4 is 16.0 Å². The van der Waals surface area contributed by atoms with Crippen molar-refractivity contribution in [2.45, 2.75) is 91.1 Å². The predicted octanol–water partition coefficient (Wildman–Crippen LogP) is 2.33. The van der Waals surface area contributed by atoms with Crippen molar-refractivity contribution < 1.29 is 19.5 Å². The zero-order valence-electron chi connectivity index (χ0n) is 21.2. The van der Waals surface area contributed by atoms with Gasteiger partial charge in [0.2, 0.25) is 11.8 Å². The standard InChI is InChI=1S/C25H41N5O4/c1-15(2)12-20(24(32)30-21(25(33)34)13-16(3)4)29-22(31)7-6-19-14-17(5)27-23(28-19)18-8-10-26-11-9-18/h14-16,18,20-21,26H,6-13H2,1-5H3,(H,29,31)(H,30,32)(H,33,34)/t20-,21-/m0/s1. The van der Waals surface area contributed by atoms with Crippen molar-refractivity contribution >= 4 is 17.8 Å². The average molecular weight is 476 g/mol. The highest BCUT2D eigenvalue weighted by Crippen LogP contribution is 2.22. The maximum Gasteiger partial charge on any atom is 0.326 e. The second kappa shape index (κ2) is 13.4. The van der Waals surface area contributed by atoms with Crippen LogP contribution in [0.3, 0.4) is 0 Å². The summed E-state index contributed by atoms with van der Waals surface area (Å²) in [6.45, 7) is 11.6. The largest absolute Gasteiger partial charge is 0.480 e. The highest BCUT2D eigenvalue weighted by Gasteiger charge is 2.27. The van der Waals surface area contributed by atoms with E-state index in [9.17, 15) is 19.5 Å². The minimum atomic E-state index is -1.07. The molecule has 190 valence electrons. The molecule has 2 atom stereocenters. The van der Waals surface area contributed by atoms with E-state index in [4.69, 9.17) is 4.98 Å². The molecule has 1 saturated heterocycles. The quantitative estimate of drug-likeness (QED) is 0.365. The van der Waals surface area contributed by atoms with Crippen LogP contribution in [0.15, 0.2) is 6.07 Å². The van der Waals surface area contributed by atoms with Crippen LogP contribution in [0.1, 0.15) is 82.9 Å². The van der Waals surface area contributed by atoms with Crippen LogP contribution in [0, 0.1) is 18.8 Å². The molecule has 1 aliphatic heterocycles. The van der Waals surface area contributed by atoms with Gasteiger partial charge in [0.1, 0.15) is 17.9 Å². The van der Waals surface area contributed by atoms with Crippen LogP contribution in [0.5, 0.6) is 0 Å². The number of aryl methyl sites for hydroxylation is 2. The third kappa shape index (κ3) is 9.37. The monoisotopic (exact) mass is 475 g/mol. The Morgan fingerprint density at radius 2 is 1.65 bits per heavy atom. The zero-order valence-corrected chi connectivity index (χ0v) is 21.2. The van der Waals surface area contributed by atoms with Gasteiger partial charge in [0, 0.05) is 23.7 Å². The summed E-state index contributed by atoms with van der Waals surface area (Å²) in [7, 11) is 0. The number of carboxylic acid groups (broad SMARTS) is 1. The van der Waals surface area contributed by atoms with Gasteiger partial charge in [0.15, 0.2) is 0 Å². The van der Waals surface area contributed by atoms with Crippen LogP contribution in [-0.2, 0) is 20.8 Å². The van der Waals surface area contributed by atoms with Gasteiger partial charge < -0.3 is 21.1 Å². The molecule has 0 saturated carbocycles. The third-order valence-corrected chi connectivity index (χ3v) is 5.92. The fourth-order valence-electron chi connectivity index (χ4n) is 4.23. The summed E-state index contributed by atoms with van der Waals surface area (Å²) in [5.41, 5.74) is 1.71. The Balaban J connectivity index is 1.99. The molecule has 2 heterocycles. The van der Waals surface area contributed by atoms with E-state index in [1.165, 1.54) is 0 Å². The van der Waals surface area contributed by atoms with Gasteiger partial charge in [-0.2, -0.15) is 0 Å². The number of carboxylic acids is 1. The minimum Gasteiger partial charge on any atom is -0.480 e. The van der Waals surface area contributed by atoms with Gasteiger partial charge in [-0.05, 0) is 70.0 Å². The van der Waals surface area contributed by atoms with E-state index in [0.29, 0.717) is 25.2 Å². The molecule has 1 aliphatic rings. The van der Waals surface area contributed by atoms with Crippen molar-refractivity contribution in [2.24, 2.45) is 11.8 Å². The number of amides is 2. The number of nitrogens with one attached hydrogen (secondary N) is 3. The Morgan fingerprint density at radius 1 is 1.03 bits per heavy atom. The first kappa shape index (κ1) is 27.7. The molecular formula is C25H41N5O4. The molecule has 34 heavy (non-hydrogen) atoms. The summed E-state index contributed by atoms with van der Waals surface area (Å²) in [5, 5.41) is 18.2. The predicted molar refractivity (Wildman–Crippen MR) is 130 cm³/mol. The zero-order chi connectivity index (χ0) is 25.3. The summed E-state index contributed by atoms with van der Waals surface area (Å²) in [4.78, 5) is 46.4. The summed E-state index contributed by atoms with van der Waals surface area (Å²) < 4.78 is 0. The van der Waals surface area contributed by atoms with Crippen molar-refractivity contribution in [2.75, 3.05) is 13.1 Å². The van der Waals surface area contributed by atoms with Crippen LogP contribution in [0.2, 0.25) is 0 Å². The van der Waals surface area contributed by atoms with E-state index >= 15 is 0 Å². The molecule has 0 aromatic carbocycles. The molecule has 4 N–H and O–H groups in total. The Morgan fingerprint density at radius 3 is 2.24 bits per heavy atom. The van der Waals surface area contributed by atoms with E-state index in [-0.39, 0.29) is 24.2 Å². The third-order valence-electron chi connectivity index (χ3n) is 5.92. The number of piperidine rings is 1. The second-order valence-corrected chi connectivity index (χ2v) is 10.2. The first-order chi connectivity index (χ1) is 16.0. The lowest BCUT2D eigenvalue weighted by atomic mass is 9.97. The average Bonchev–Trinajstić information content (AvgIpc) is 2.76. The fourth-order valence-corrected chi connectivity index (χ4v) is 4.23. The van der Waals surface area contributed by atoms with Crippen molar-refractivity contribution in [1.29, 1.82) is 0 Å². The number of carbonyl (C=O) groups is 3. The maximum absolute atomic E-state index is 12.8. The highest BCUT2D eigenvalue weighted by atomic mass is 16.4. The fraction of sp³-hybridized carbons (Fsp3) is 0.720. The first-order valence-corrected chi connectivity index (χ1v) is 12.4. The van der Waals surface area contributed by atoms with Crippen LogP contribution in [0.4, 0.5) is 0 Å². The highest BCUT2D eigenvalue weighted by molar-refractivity contribution is 5.90. The molecule has 9 heteroatoms. The minimum absolute atomic E-state index is 0.116. The number of aliphatic carboxylic acids is 1. The smallest absolute Gasteiger partial charge is 0.326 e. The Bertz CT molecular complexity index is 837. The van der Waals surface area contributed by atoms with Gasteiger partial charge in [0.05, 0.1) is 0 Å². The van der Waals surface area contributed by atoms with E-state index in [1.807, 2.05) is 40.7 Å². The van der Waals surface area contributed by atoms with Gasteiger partial charge in [-0.3, -0.25) is 9.59 Å². The van der Waals surface area contributed by atoms with E-state index < -0.39 is 24.0 Å². The van der Waals surface area contributed by atoms with Gasteiger partial charge in [-0.25, -0.2) is 14.8 Å². The summed E-state index contributed by atoms with van der Waals surface area (Å²) in [6, 6.07) is 0.148. The molecule has 1 fully saturated rings. The van der Waals surface area contributed by atoms with Gasteiger partial charge >= 0.3 is 5.97 Å². The lowest BCUT2D eigenvalue weighted by Gasteiger charge is -2.23. The summed E-state index contributed by atoms with van der Waals surface area (Å²) in [5.74, 6) is -0.329. The molecule has 0 bridgehead atoms.